The molecule has 0 spiro atoms. The van der Waals surface area contributed by atoms with Crippen LogP contribution in [0.1, 0.15) is 18.4 Å². The van der Waals surface area contributed by atoms with E-state index < -0.39 is 0 Å². The first-order valence-electron chi connectivity index (χ1n) is 7.94. The highest BCUT2D eigenvalue weighted by Crippen LogP contribution is 2.34. The second kappa shape index (κ2) is 7.81. The van der Waals surface area contributed by atoms with Gasteiger partial charge in [0.1, 0.15) is 28.1 Å². The Morgan fingerprint density at radius 1 is 1.32 bits per heavy atom. The van der Waals surface area contributed by atoms with Crippen molar-refractivity contribution in [3.8, 4) is 17.6 Å². The molecule has 6 nitrogen and oxygen atoms in total. The second-order valence-electron chi connectivity index (χ2n) is 5.80. The maximum absolute atomic E-state index is 9.30. The van der Waals surface area contributed by atoms with E-state index >= 15 is 0 Å². The van der Waals surface area contributed by atoms with Gasteiger partial charge in [0, 0.05) is 43.0 Å². The molecule has 3 rings (SSSR count). The maximum Gasteiger partial charge on any atom is 0.162 e. The summed E-state index contributed by atoms with van der Waals surface area (Å²) in [5, 5.41) is 14.0. The van der Waals surface area contributed by atoms with E-state index in [1.807, 2.05) is 18.2 Å². The summed E-state index contributed by atoms with van der Waals surface area (Å²) in [6.45, 7) is 1.68. The summed E-state index contributed by atoms with van der Waals surface area (Å²) in [4.78, 5) is 2.18. The molecule has 1 N–H and O–H groups in total. The van der Waals surface area contributed by atoms with Crippen LogP contribution in [0.4, 0.5) is 10.7 Å². The molecule has 132 valence electrons. The lowest BCUT2D eigenvalue weighted by Gasteiger charge is -2.34. The average Bonchev–Trinajstić information content (AvgIpc) is 3.02. The SMILES string of the molecule is COc1cc(NC2CCCN(c3snc(Cl)c3C#N)C2)cc(OC)c1. The standard InChI is InChI=1S/C17H19ClN4O2S/c1-23-13-6-12(7-14(8-13)24-2)20-11-4-3-5-22(10-11)17-15(9-19)16(18)21-25-17/h6-8,11,20H,3-5,10H2,1-2H3. The predicted molar refractivity (Wildman–Crippen MR) is 100 cm³/mol. The van der Waals surface area contributed by atoms with Crippen LogP contribution in [0.2, 0.25) is 5.15 Å². The van der Waals surface area contributed by atoms with Crippen LogP contribution in [0.15, 0.2) is 18.2 Å². The molecule has 1 aromatic carbocycles. The number of nitriles is 1. The fourth-order valence-corrected chi connectivity index (χ4v) is 4.04. The van der Waals surface area contributed by atoms with Gasteiger partial charge in [-0.1, -0.05) is 11.6 Å². The number of nitrogens with zero attached hydrogens (tertiary/aromatic N) is 3. The first kappa shape index (κ1) is 17.6. The number of benzene rings is 1. The van der Waals surface area contributed by atoms with Crippen LogP contribution in [-0.4, -0.2) is 37.7 Å². The molecule has 1 aromatic heterocycles. The number of anilines is 2. The van der Waals surface area contributed by atoms with Crippen molar-refractivity contribution in [3.05, 3.63) is 28.9 Å². The molecule has 2 heterocycles. The Labute approximate surface area is 156 Å². The zero-order chi connectivity index (χ0) is 17.8. The van der Waals surface area contributed by atoms with Crippen molar-refractivity contribution in [2.24, 2.45) is 0 Å². The molecule has 8 heteroatoms. The number of aromatic nitrogens is 1. The summed E-state index contributed by atoms with van der Waals surface area (Å²) in [6.07, 6.45) is 2.07. The van der Waals surface area contributed by atoms with Gasteiger partial charge in [0.05, 0.1) is 14.2 Å². The lowest BCUT2D eigenvalue weighted by atomic mass is 10.1. The van der Waals surface area contributed by atoms with E-state index in [1.165, 1.54) is 11.5 Å². The third-order valence-corrected chi connectivity index (χ3v) is 5.46. The third-order valence-electron chi connectivity index (χ3n) is 4.18. The molecule has 25 heavy (non-hydrogen) atoms. The van der Waals surface area contributed by atoms with Crippen LogP contribution < -0.4 is 19.7 Å². The second-order valence-corrected chi connectivity index (χ2v) is 6.91. The van der Waals surface area contributed by atoms with Gasteiger partial charge < -0.3 is 19.7 Å². The summed E-state index contributed by atoms with van der Waals surface area (Å²) in [7, 11) is 3.27. The number of rotatable bonds is 5. The van der Waals surface area contributed by atoms with Crippen molar-refractivity contribution < 1.29 is 9.47 Å². The van der Waals surface area contributed by atoms with E-state index in [0.29, 0.717) is 5.56 Å². The maximum atomic E-state index is 9.30. The van der Waals surface area contributed by atoms with Crippen LogP contribution in [0.3, 0.4) is 0 Å². The fraction of sp³-hybridized carbons (Fsp3) is 0.412. The van der Waals surface area contributed by atoms with E-state index in [-0.39, 0.29) is 11.2 Å². The Hall–Kier alpha value is -2.17. The third kappa shape index (κ3) is 3.91. The topological polar surface area (TPSA) is 70.4 Å². The number of nitrogens with one attached hydrogen (secondary N) is 1. The highest BCUT2D eigenvalue weighted by Gasteiger charge is 2.25. The van der Waals surface area contributed by atoms with Crippen molar-refractivity contribution in [1.82, 2.24) is 4.37 Å². The normalized spacial score (nSPS) is 17.0. The Kier molecular flexibility index (Phi) is 5.51. The van der Waals surface area contributed by atoms with E-state index in [0.717, 1.165) is 48.1 Å². The molecule has 0 aliphatic carbocycles. The predicted octanol–water partition coefficient (Wildman–Crippen LogP) is 3.77. The van der Waals surface area contributed by atoms with E-state index in [9.17, 15) is 5.26 Å². The van der Waals surface area contributed by atoms with E-state index in [1.54, 1.807) is 14.2 Å². The van der Waals surface area contributed by atoms with Crippen LogP contribution in [0.25, 0.3) is 0 Å². The highest BCUT2D eigenvalue weighted by atomic mass is 35.5. The molecule has 0 bridgehead atoms. The molecule has 1 aliphatic rings. The minimum absolute atomic E-state index is 0.248. The summed E-state index contributed by atoms with van der Waals surface area (Å²) < 4.78 is 14.8. The largest absolute Gasteiger partial charge is 0.497 e. The number of halogens is 1. The van der Waals surface area contributed by atoms with Crippen molar-refractivity contribution in [3.63, 3.8) is 0 Å². The summed E-state index contributed by atoms with van der Waals surface area (Å²) in [5.41, 5.74) is 1.42. The van der Waals surface area contributed by atoms with Crippen LogP contribution in [0, 0.1) is 11.3 Å². The Morgan fingerprint density at radius 2 is 2.04 bits per heavy atom. The average molecular weight is 379 g/mol. The van der Waals surface area contributed by atoms with Gasteiger partial charge in [0.2, 0.25) is 0 Å². The number of ether oxygens (including phenoxy) is 2. The molecule has 0 radical (unpaired) electrons. The van der Waals surface area contributed by atoms with Gasteiger partial charge in [-0.25, -0.2) is 0 Å². The molecule has 1 unspecified atom stereocenters. The summed E-state index contributed by atoms with van der Waals surface area (Å²) in [6, 6.07) is 8.15. The molecule has 1 atom stereocenters. The number of piperidine rings is 1. The van der Waals surface area contributed by atoms with Crippen molar-refractivity contribution in [1.29, 1.82) is 5.26 Å². The molecule has 2 aromatic rings. The lowest BCUT2D eigenvalue weighted by molar-refractivity contribution is 0.394. The number of hydrogen-bond acceptors (Lipinski definition) is 7. The van der Waals surface area contributed by atoms with Crippen LogP contribution in [0.5, 0.6) is 11.5 Å². The van der Waals surface area contributed by atoms with Gasteiger partial charge in [-0.05, 0) is 24.4 Å². The van der Waals surface area contributed by atoms with Gasteiger partial charge in [-0.15, -0.1) is 0 Å². The zero-order valence-corrected chi connectivity index (χ0v) is 15.7. The highest BCUT2D eigenvalue weighted by molar-refractivity contribution is 7.10. The molecule has 0 amide bonds. The quantitative estimate of drug-likeness (QED) is 0.854. The van der Waals surface area contributed by atoms with Crippen molar-refractivity contribution in [2.45, 2.75) is 18.9 Å². The first-order valence-corrected chi connectivity index (χ1v) is 9.09. The molecular formula is C17H19ClN4O2S. The molecule has 0 saturated carbocycles. The smallest absolute Gasteiger partial charge is 0.162 e. The monoisotopic (exact) mass is 378 g/mol. The summed E-state index contributed by atoms with van der Waals surface area (Å²) >= 11 is 7.29. The van der Waals surface area contributed by atoms with Crippen LogP contribution >= 0.6 is 23.1 Å². The van der Waals surface area contributed by atoms with Gasteiger partial charge in [0.25, 0.3) is 0 Å². The number of hydrogen-bond donors (Lipinski definition) is 1. The Bertz CT molecular complexity index is 767. The van der Waals surface area contributed by atoms with Crippen LogP contribution in [-0.2, 0) is 0 Å². The lowest BCUT2D eigenvalue weighted by Crippen LogP contribution is -2.42. The Morgan fingerprint density at radius 3 is 2.68 bits per heavy atom. The van der Waals surface area contributed by atoms with Gasteiger partial charge in [0.15, 0.2) is 5.15 Å². The van der Waals surface area contributed by atoms with E-state index in [2.05, 4.69) is 20.7 Å². The van der Waals surface area contributed by atoms with Crippen molar-refractivity contribution >= 4 is 33.8 Å². The van der Waals surface area contributed by atoms with Gasteiger partial charge in [-0.2, -0.15) is 9.64 Å². The zero-order valence-electron chi connectivity index (χ0n) is 14.1. The van der Waals surface area contributed by atoms with Gasteiger partial charge in [-0.3, -0.25) is 0 Å². The minimum atomic E-state index is 0.248. The van der Waals surface area contributed by atoms with E-state index in [4.69, 9.17) is 21.1 Å². The summed E-state index contributed by atoms with van der Waals surface area (Å²) in [5.74, 6) is 1.49. The first-order chi connectivity index (χ1) is 12.1. The van der Waals surface area contributed by atoms with Crippen molar-refractivity contribution in [2.75, 3.05) is 37.5 Å². The number of methoxy groups -OCH3 is 2. The van der Waals surface area contributed by atoms with Gasteiger partial charge >= 0.3 is 0 Å². The molecule has 1 fully saturated rings. The Balaban J connectivity index is 1.75. The minimum Gasteiger partial charge on any atom is -0.497 e. The molecule has 1 saturated heterocycles. The fourth-order valence-electron chi connectivity index (χ4n) is 2.98. The molecular weight excluding hydrogens is 360 g/mol. The molecule has 1 aliphatic heterocycles.